The van der Waals surface area contributed by atoms with Crippen molar-refractivity contribution >= 4 is 49.6 Å². The predicted octanol–water partition coefficient (Wildman–Crippen LogP) is 16.1. The van der Waals surface area contributed by atoms with Crippen LogP contribution in [0.15, 0.2) is 243 Å². The van der Waals surface area contributed by atoms with Gasteiger partial charge in [0.25, 0.3) is 0 Å². The van der Waals surface area contributed by atoms with Crippen LogP contribution in [0.4, 0.5) is 17.1 Å². The van der Waals surface area contributed by atoms with E-state index in [0.29, 0.717) is 0 Å². The third-order valence-corrected chi connectivity index (χ3v) is 11.8. The first-order valence-electron chi connectivity index (χ1n) is 20.6. The summed E-state index contributed by atoms with van der Waals surface area (Å²) in [5, 5.41) is 5.03. The molecule has 0 amide bonds. The summed E-state index contributed by atoms with van der Waals surface area (Å²) >= 11 is 0. The summed E-state index contributed by atoms with van der Waals surface area (Å²) in [5.74, 6) is 0. The second-order valence-electron chi connectivity index (χ2n) is 15.3. The lowest BCUT2D eigenvalue weighted by molar-refractivity contribution is 1.18. The molecule has 282 valence electrons. The Labute approximate surface area is 350 Å². The maximum absolute atomic E-state index is 2.42. The van der Waals surface area contributed by atoms with E-state index in [2.05, 4.69) is 252 Å². The zero-order chi connectivity index (χ0) is 39.8. The van der Waals surface area contributed by atoms with Crippen LogP contribution in [0.5, 0.6) is 0 Å². The molecule has 0 bridgehead atoms. The van der Waals surface area contributed by atoms with Crippen LogP contribution < -0.4 is 4.90 Å². The molecule has 2 nitrogen and oxygen atoms in total. The summed E-state index contributed by atoms with van der Waals surface area (Å²) in [4.78, 5) is 2.40. The van der Waals surface area contributed by atoms with Gasteiger partial charge in [0.1, 0.15) is 0 Å². The monoisotopic (exact) mass is 764 g/mol. The summed E-state index contributed by atoms with van der Waals surface area (Å²) in [6.45, 7) is 0. The number of anilines is 3. The van der Waals surface area contributed by atoms with Crippen LogP contribution in [0.25, 0.3) is 82.8 Å². The molecule has 0 spiro atoms. The first-order valence-corrected chi connectivity index (χ1v) is 20.6. The summed E-state index contributed by atoms with van der Waals surface area (Å²) in [7, 11) is 0. The fourth-order valence-electron chi connectivity index (χ4n) is 8.99. The maximum Gasteiger partial charge on any atom is 0.0541 e. The van der Waals surface area contributed by atoms with E-state index in [4.69, 9.17) is 0 Å². The van der Waals surface area contributed by atoms with E-state index in [-0.39, 0.29) is 0 Å². The summed E-state index contributed by atoms with van der Waals surface area (Å²) in [6, 6.07) is 87.9. The lowest BCUT2D eigenvalue weighted by atomic mass is 9.94. The molecule has 0 aliphatic rings. The topological polar surface area (TPSA) is 8.17 Å². The van der Waals surface area contributed by atoms with E-state index in [0.717, 1.165) is 45.0 Å². The van der Waals surface area contributed by atoms with Gasteiger partial charge in [-0.15, -0.1) is 0 Å². The third kappa shape index (κ3) is 6.23. The van der Waals surface area contributed by atoms with Gasteiger partial charge in [-0.05, 0) is 98.8 Å². The number of nitrogens with zero attached hydrogens (tertiary/aromatic N) is 2. The molecule has 0 aliphatic carbocycles. The Bertz CT molecular complexity index is 3250. The third-order valence-electron chi connectivity index (χ3n) is 11.8. The van der Waals surface area contributed by atoms with Crippen LogP contribution in [-0.2, 0) is 0 Å². The van der Waals surface area contributed by atoms with Gasteiger partial charge in [-0.2, -0.15) is 0 Å². The molecule has 10 aromatic carbocycles. The molecule has 1 heterocycles. The average Bonchev–Trinajstić information content (AvgIpc) is 3.66. The van der Waals surface area contributed by atoms with Crippen molar-refractivity contribution in [1.29, 1.82) is 0 Å². The van der Waals surface area contributed by atoms with Gasteiger partial charge in [0.15, 0.2) is 0 Å². The number of fused-ring (bicyclic) bond motifs is 4. The molecule has 0 atom stereocenters. The molecule has 11 rings (SSSR count). The summed E-state index contributed by atoms with van der Waals surface area (Å²) in [6.07, 6.45) is 0. The van der Waals surface area contributed by atoms with E-state index in [9.17, 15) is 0 Å². The van der Waals surface area contributed by atoms with Crippen LogP contribution in [0.1, 0.15) is 0 Å². The van der Waals surface area contributed by atoms with Crippen molar-refractivity contribution in [2.75, 3.05) is 4.90 Å². The van der Waals surface area contributed by atoms with E-state index >= 15 is 0 Å². The fraction of sp³-hybridized carbons (Fsp3) is 0. The minimum atomic E-state index is 1.09. The van der Waals surface area contributed by atoms with Crippen molar-refractivity contribution in [3.05, 3.63) is 243 Å². The fourth-order valence-corrected chi connectivity index (χ4v) is 8.99. The Balaban J connectivity index is 1.05. The molecule has 60 heavy (non-hydrogen) atoms. The quantitative estimate of drug-likeness (QED) is 0.150. The molecular weight excluding hydrogens is 725 g/mol. The van der Waals surface area contributed by atoms with E-state index in [1.165, 1.54) is 54.8 Å². The lowest BCUT2D eigenvalue weighted by Gasteiger charge is -2.29. The van der Waals surface area contributed by atoms with Gasteiger partial charge in [0.2, 0.25) is 0 Å². The van der Waals surface area contributed by atoms with E-state index < -0.39 is 0 Å². The highest BCUT2D eigenvalue weighted by Crippen LogP contribution is 2.45. The van der Waals surface area contributed by atoms with E-state index in [1.54, 1.807) is 0 Å². The molecule has 11 aromatic rings. The number of benzene rings is 10. The van der Waals surface area contributed by atoms with Crippen LogP contribution in [0.2, 0.25) is 0 Å². The van der Waals surface area contributed by atoms with Gasteiger partial charge in [-0.25, -0.2) is 0 Å². The van der Waals surface area contributed by atoms with Crippen molar-refractivity contribution < 1.29 is 0 Å². The van der Waals surface area contributed by atoms with Crippen LogP contribution in [0.3, 0.4) is 0 Å². The Morgan fingerprint density at radius 1 is 0.283 bits per heavy atom. The molecule has 0 saturated carbocycles. The highest BCUT2D eigenvalue weighted by atomic mass is 15.1. The Kier molecular flexibility index (Phi) is 8.87. The van der Waals surface area contributed by atoms with Crippen LogP contribution in [-0.4, -0.2) is 4.57 Å². The van der Waals surface area contributed by atoms with Crippen molar-refractivity contribution in [3.63, 3.8) is 0 Å². The molecule has 2 heteroatoms. The summed E-state index contributed by atoms with van der Waals surface area (Å²) < 4.78 is 2.42. The SMILES string of the molecule is c1ccc(-c2cc(-c3ccccc3-n3c4ccccc4c4ccccc43)ccc2N(c2ccccc2)c2cccc(-c3ccc(-c4cccc5ccccc45)cc3)c2)cc1. The first-order chi connectivity index (χ1) is 29.8. The van der Waals surface area contributed by atoms with Crippen molar-refractivity contribution in [2.24, 2.45) is 0 Å². The molecular formula is C58H40N2. The predicted molar refractivity (Wildman–Crippen MR) is 255 cm³/mol. The normalized spacial score (nSPS) is 11.3. The van der Waals surface area contributed by atoms with Gasteiger partial charge < -0.3 is 9.47 Å². The number of hydrogen-bond acceptors (Lipinski definition) is 1. The lowest BCUT2D eigenvalue weighted by Crippen LogP contribution is -2.11. The minimum absolute atomic E-state index is 1.09. The van der Waals surface area contributed by atoms with Gasteiger partial charge >= 0.3 is 0 Å². The second-order valence-corrected chi connectivity index (χ2v) is 15.3. The van der Waals surface area contributed by atoms with Gasteiger partial charge in [0.05, 0.1) is 22.4 Å². The van der Waals surface area contributed by atoms with Crippen LogP contribution in [0, 0.1) is 0 Å². The summed E-state index contributed by atoms with van der Waals surface area (Å²) in [5.41, 5.74) is 16.3. The molecule has 0 unspecified atom stereocenters. The van der Waals surface area contributed by atoms with Gasteiger partial charge in [0, 0.05) is 33.3 Å². The minimum Gasteiger partial charge on any atom is -0.310 e. The second kappa shape index (κ2) is 15.1. The Morgan fingerprint density at radius 2 is 0.800 bits per heavy atom. The van der Waals surface area contributed by atoms with Crippen molar-refractivity contribution in [1.82, 2.24) is 4.57 Å². The van der Waals surface area contributed by atoms with Crippen molar-refractivity contribution in [3.8, 4) is 50.2 Å². The highest BCUT2D eigenvalue weighted by Gasteiger charge is 2.21. The largest absolute Gasteiger partial charge is 0.310 e. The van der Waals surface area contributed by atoms with Crippen LogP contribution >= 0.6 is 0 Å². The smallest absolute Gasteiger partial charge is 0.0541 e. The number of para-hydroxylation sites is 4. The number of hydrogen-bond donors (Lipinski definition) is 0. The standard InChI is InChI=1S/C58H40N2/c1-3-17-43(18-4-1)54-40-46(51-26-9-12-30-55(51)60-56-31-13-10-27-52(56)53-28-11-14-32-57(53)60)37-38-58(54)59(47-22-5-2-6-23-47)48-24-15-21-45(39-48)41-33-35-44(36-34-41)50-29-16-20-42-19-7-8-25-49(42)50/h1-40H. The molecule has 1 aromatic heterocycles. The average molecular weight is 765 g/mol. The first kappa shape index (κ1) is 35.2. The number of rotatable bonds is 8. The Morgan fingerprint density at radius 3 is 1.57 bits per heavy atom. The van der Waals surface area contributed by atoms with E-state index in [1.807, 2.05) is 0 Å². The molecule has 0 radical (unpaired) electrons. The van der Waals surface area contributed by atoms with Gasteiger partial charge in [-0.3, -0.25) is 0 Å². The maximum atomic E-state index is 2.42. The molecule has 0 saturated heterocycles. The highest BCUT2D eigenvalue weighted by molar-refractivity contribution is 6.10. The Hall–Kier alpha value is -7.94. The van der Waals surface area contributed by atoms with Crippen molar-refractivity contribution in [2.45, 2.75) is 0 Å². The molecule has 0 aliphatic heterocycles. The molecule has 0 fully saturated rings. The van der Waals surface area contributed by atoms with Gasteiger partial charge in [-0.1, -0.05) is 188 Å². The zero-order valence-corrected chi connectivity index (χ0v) is 33.0. The molecule has 0 N–H and O–H groups in total. The zero-order valence-electron chi connectivity index (χ0n) is 33.0. The number of aromatic nitrogens is 1.